The minimum atomic E-state index is -0.773. The van der Waals surface area contributed by atoms with Gasteiger partial charge in [0.15, 0.2) is 5.82 Å². The molecule has 11 heteroatoms. The van der Waals surface area contributed by atoms with Crippen molar-refractivity contribution in [1.82, 2.24) is 19.8 Å². The maximum Gasteiger partial charge on any atom is 0.319 e. The molecule has 3 saturated heterocycles. The van der Waals surface area contributed by atoms with Crippen LogP contribution in [0.4, 0.5) is 14.6 Å². The fourth-order valence-electron chi connectivity index (χ4n) is 7.39. The number of ether oxygens (including phenoxy) is 2. The van der Waals surface area contributed by atoms with Crippen molar-refractivity contribution in [3.8, 4) is 6.01 Å². The van der Waals surface area contributed by atoms with Crippen LogP contribution >= 0.6 is 15.9 Å². The van der Waals surface area contributed by atoms with Gasteiger partial charge in [-0.05, 0) is 60.7 Å². The van der Waals surface area contributed by atoms with Gasteiger partial charge in [0.05, 0.1) is 36.4 Å². The molecule has 3 atom stereocenters. The molecular weight excluding hydrogens is 620 g/mol. The van der Waals surface area contributed by atoms with Crippen molar-refractivity contribution in [2.24, 2.45) is 5.41 Å². The van der Waals surface area contributed by atoms with Crippen molar-refractivity contribution in [1.29, 1.82) is 0 Å². The van der Waals surface area contributed by atoms with E-state index in [0.717, 1.165) is 45.7 Å². The number of hydrogen-bond acceptors (Lipinski definition) is 8. The lowest BCUT2D eigenvalue weighted by molar-refractivity contribution is 0.0219. The second-order valence-electron chi connectivity index (χ2n) is 13.2. The molecule has 0 unspecified atom stereocenters. The summed E-state index contributed by atoms with van der Waals surface area (Å²) < 4.78 is 41.8. The molecule has 1 aromatic heterocycles. The molecule has 3 aliphatic heterocycles. The van der Waals surface area contributed by atoms with Crippen LogP contribution < -0.4 is 9.64 Å². The van der Waals surface area contributed by atoms with Crippen molar-refractivity contribution in [3.05, 3.63) is 58.1 Å². The molecule has 1 aliphatic carbocycles. The summed E-state index contributed by atoms with van der Waals surface area (Å²) >= 11 is 3.05. The highest BCUT2D eigenvalue weighted by Crippen LogP contribution is 2.47. The summed E-state index contributed by atoms with van der Waals surface area (Å²) in [7, 11) is 0. The van der Waals surface area contributed by atoms with Gasteiger partial charge in [-0.1, -0.05) is 30.3 Å². The Kier molecular flexibility index (Phi) is 7.61. The molecule has 2 bridgehead atoms. The number of halogens is 3. The predicted octanol–water partition coefficient (Wildman–Crippen LogP) is 4.72. The number of rotatable bonds is 8. The Morgan fingerprint density at radius 3 is 2.56 bits per heavy atom. The lowest BCUT2D eigenvalue weighted by Crippen LogP contribution is -2.61. The number of hydrogen-bond donors (Lipinski definition) is 1. The van der Waals surface area contributed by atoms with Gasteiger partial charge in [-0.25, -0.2) is 8.78 Å². The Labute approximate surface area is 259 Å². The molecule has 0 radical (unpaired) electrons. The van der Waals surface area contributed by atoms with Gasteiger partial charge in [-0.3, -0.25) is 9.80 Å². The summed E-state index contributed by atoms with van der Waals surface area (Å²) in [6.45, 7) is 10.0. The van der Waals surface area contributed by atoms with E-state index >= 15 is 4.39 Å². The first-order valence-electron chi connectivity index (χ1n) is 15.2. The lowest BCUT2D eigenvalue weighted by Gasteiger charge is -2.50. The second kappa shape index (κ2) is 11.2. The Balaban J connectivity index is 1.19. The zero-order valence-corrected chi connectivity index (χ0v) is 26.2. The van der Waals surface area contributed by atoms with Gasteiger partial charge in [0.25, 0.3) is 0 Å². The van der Waals surface area contributed by atoms with Gasteiger partial charge in [-0.2, -0.15) is 9.97 Å². The third kappa shape index (κ3) is 5.41. The number of benzene rings is 2. The van der Waals surface area contributed by atoms with E-state index in [1.165, 1.54) is 11.6 Å². The highest BCUT2D eigenvalue weighted by Gasteiger charge is 2.52. The van der Waals surface area contributed by atoms with Crippen LogP contribution in [0.25, 0.3) is 10.9 Å². The summed E-state index contributed by atoms with van der Waals surface area (Å²) in [6.07, 6.45) is 2.19. The van der Waals surface area contributed by atoms with Crippen molar-refractivity contribution < 1.29 is 23.4 Å². The largest absolute Gasteiger partial charge is 0.463 e. The average molecular weight is 659 g/mol. The molecule has 1 saturated carbocycles. The highest BCUT2D eigenvalue weighted by atomic mass is 79.9. The Morgan fingerprint density at radius 1 is 1.12 bits per heavy atom. The number of piperazine rings is 1. The molecular formula is C32H38BrF2N5O3. The maximum absolute atomic E-state index is 15.5. The summed E-state index contributed by atoms with van der Waals surface area (Å²) in [6, 6.07) is 11.5. The zero-order chi connectivity index (χ0) is 29.9. The predicted molar refractivity (Wildman–Crippen MR) is 163 cm³/mol. The molecule has 0 spiro atoms. The zero-order valence-electron chi connectivity index (χ0n) is 24.6. The van der Waals surface area contributed by atoms with Crippen LogP contribution in [0.1, 0.15) is 38.7 Å². The SMILES string of the molecule is CC(C)(c1ccccc1)N1[C@@H]2C[C@H](O)[C@H]1CN(c1nc(OCC3(CN4CCOCC4)CC3)nc3c(F)c(Br)c(F)cc13)C2. The summed E-state index contributed by atoms with van der Waals surface area (Å²) in [5, 5.41) is 11.5. The normalized spacial score (nSPS) is 25.8. The number of anilines is 1. The van der Waals surface area contributed by atoms with Gasteiger partial charge < -0.3 is 19.5 Å². The monoisotopic (exact) mass is 657 g/mol. The summed E-state index contributed by atoms with van der Waals surface area (Å²) in [5.41, 5.74) is 0.905. The summed E-state index contributed by atoms with van der Waals surface area (Å²) in [5.74, 6) is -1.05. The number of aliphatic hydroxyl groups is 1. The highest BCUT2D eigenvalue weighted by molar-refractivity contribution is 9.10. The van der Waals surface area contributed by atoms with E-state index in [9.17, 15) is 9.50 Å². The van der Waals surface area contributed by atoms with Gasteiger partial charge in [0.1, 0.15) is 17.2 Å². The molecule has 43 heavy (non-hydrogen) atoms. The first kappa shape index (κ1) is 29.3. The van der Waals surface area contributed by atoms with E-state index < -0.39 is 17.7 Å². The van der Waals surface area contributed by atoms with Gasteiger partial charge in [-0.15, -0.1) is 0 Å². The topological polar surface area (TPSA) is 74.2 Å². The number of nitrogens with zero attached hydrogens (tertiary/aromatic N) is 5. The van der Waals surface area contributed by atoms with Gasteiger partial charge >= 0.3 is 6.01 Å². The molecule has 7 rings (SSSR count). The molecule has 4 aliphatic rings. The quantitative estimate of drug-likeness (QED) is 0.349. The maximum atomic E-state index is 15.5. The van der Waals surface area contributed by atoms with Crippen molar-refractivity contribution >= 4 is 32.7 Å². The van der Waals surface area contributed by atoms with E-state index in [1.54, 1.807) is 0 Å². The molecule has 3 aromatic rings. The first-order chi connectivity index (χ1) is 20.6. The van der Waals surface area contributed by atoms with E-state index in [0.29, 0.717) is 37.3 Å². The van der Waals surface area contributed by atoms with E-state index in [-0.39, 0.29) is 39.0 Å². The fourth-order valence-corrected chi connectivity index (χ4v) is 7.69. The fraction of sp³-hybridized carbons (Fsp3) is 0.562. The van der Waals surface area contributed by atoms with Gasteiger partial charge in [0, 0.05) is 55.1 Å². The van der Waals surface area contributed by atoms with Crippen LogP contribution in [0.15, 0.2) is 40.9 Å². The smallest absolute Gasteiger partial charge is 0.319 e. The minimum Gasteiger partial charge on any atom is -0.463 e. The van der Waals surface area contributed by atoms with Crippen LogP contribution in [0, 0.1) is 17.0 Å². The molecule has 2 aromatic carbocycles. The average Bonchev–Trinajstić information content (AvgIpc) is 3.74. The third-order valence-electron chi connectivity index (χ3n) is 9.89. The van der Waals surface area contributed by atoms with Crippen LogP contribution in [-0.4, -0.2) is 95.6 Å². The molecule has 4 fully saturated rings. The molecule has 4 heterocycles. The Bertz CT molecular complexity index is 1500. The Hall–Kier alpha value is -2.44. The Morgan fingerprint density at radius 2 is 1.86 bits per heavy atom. The molecule has 8 nitrogen and oxygen atoms in total. The van der Waals surface area contributed by atoms with E-state index in [1.807, 2.05) is 23.1 Å². The van der Waals surface area contributed by atoms with Gasteiger partial charge in [0.2, 0.25) is 0 Å². The number of fused-ring (bicyclic) bond motifs is 3. The molecule has 1 N–H and O–H groups in total. The first-order valence-corrected chi connectivity index (χ1v) is 16.0. The van der Waals surface area contributed by atoms with Crippen LogP contribution in [-0.2, 0) is 10.3 Å². The molecule has 230 valence electrons. The van der Waals surface area contributed by atoms with Crippen molar-refractivity contribution in [3.63, 3.8) is 0 Å². The standard InChI is InChI=1S/C32H38BrF2N5O3/c1-31(2,20-6-4-3-5-7-20)40-21-14-25(41)24(40)17-39(16-21)29-22-15-23(34)26(33)27(35)28(22)36-30(37-29)43-19-32(8-9-32)18-38-10-12-42-13-11-38/h3-7,15,21,24-25,41H,8-14,16-19H2,1-2H3/t21-,24-,25+/m1/s1. The third-order valence-corrected chi connectivity index (χ3v) is 10.6. The summed E-state index contributed by atoms with van der Waals surface area (Å²) in [4.78, 5) is 16.1. The number of morpholine rings is 1. The van der Waals surface area contributed by atoms with Crippen molar-refractivity contribution in [2.75, 3.05) is 57.4 Å². The van der Waals surface area contributed by atoms with E-state index in [2.05, 4.69) is 56.7 Å². The van der Waals surface area contributed by atoms with Crippen LogP contribution in [0.3, 0.4) is 0 Å². The molecule has 0 amide bonds. The second-order valence-corrected chi connectivity index (χ2v) is 13.9. The van der Waals surface area contributed by atoms with Crippen LogP contribution in [0.5, 0.6) is 6.01 Å². The lowest BCUT2D eigenvalue weighted by atomic mass is 9.89. The van der Waals surface area contributed by atoms with Crippen LogP contribution in [0.2, 0.25) is 0 Å². The number of aromatic nitrogens is 2. The van der Waals surface area contributed by atoms with E-state index in [4.69, 9.17) is 14.5 Å². The van der Waals surface area contributed by atoms with Crippen molar-refractivity contribution in [2.45, 2.75) is 56.8 Å². The number of aliphatic hydroxyl groups excluding tert-OH is 1. The minimum absolute atomic E-state index is 0.0197.